The number of benzene rings is 2. The first-order valence-corrected chi connectivity index (χ1v) is 9.73. The van der Waals surface area contributed by atoms with E-state index in [1.165, 1.54) is 11.1 Å². The van der Waals surface area contributed by atoms with Crippen LogP contribution in [-0.4, -0.2) is 11.2 Å². The van der Waals surface area contributed by atoms with Gasteiger partial charge in [0.15, 0.2) is 0 Å². The van der Waals surface area contributed by atoms with Crippen LogP contribution in [0.3, 0.4) is 0 Å². The highest BCUT2D eigenvalue weighted by molar-refractivity contribution is 8.00. The first kappa shape index (κ1) is 17.4. The van der Waals surface area contributed by atoms with E-state index >= 15 is 0 Å². The Hall–Kier alpha value is -1.45. The van der Waals surface area contributed by atoms with Crippen molar-refractivity contribution in [1.29, 1.82) is 0 Å². The van der Waals surface area contributed by atoms with Gasteiger partial charge >= 0.3 is 0 Å². The van der Waals surface area contributed by atoms with Crippen molar-refractivity contribution in [2.24, 2.45) is 0 Å². The molecule has 1 aliphatic carbocycles. The van der Waals surface area contributed by atoms with Gasteiger partial charge in [-0.1, -0.05) is 42.8 Å². The standard InChI is InChI=1S/C20H22ClNOS/c1-2-19(24-16-12-10-15(21)11-13-16)20(23)22-18-9-5-7-14-6-3-4-8-17(14)18/h3-4,6,8,10-13,18-19H,2,5,7,9H2,1H3,(H,22,23)/t18-,19+/m1/s1. The number of aryl methyl sites for hydroxylation is 1. The van der Waals surface area contributed by atoms with Crippen molar-refractivity contribution in [1.82, 2.24) is 5.32 Å². The minimum atomic E-state index is -0.0831. The lowest BCUT2D eigenvalue weighted by molar-refractivity contribution is -0.121. The van der Waals surface area contributed by atoms with Crippen LogP contribution in [0.15, 0.2) is 53.4 Å². The van der Waals surface area contributed by atoms with Crippen molar-refractivity contribution in [3.8, 4) is 0 Å². The molecule has 1 amide bonds. The Morgan fingerprint density at radius 2 is 2.00 bits per heavy atom. The number of thioether (sulfide) groups is 1. The second-order valence-corrected chi connectivity index (χ2v) is 7.83. The number of rotatable bonds is 5. The van der Waals surface area contributed by atoms with Crippen molar-refractivity contribution >= 4 is 29.3 Å². The third-order valence-electron chi connectivity index (χ3n) is 4.44. The molecule has 0 aliphatic heterocycles. The zero-order valence-corrected chi connectivity index (χ0v) is 15.4. The van der Waals surface area contributed by atoms with Gasteiger partial charge in [0.05, 0.1) is 11.3 Å². The summed E-state index contributed by atoms with van der Waals surface area (Å²) < 4.78 is 0. The molecule has 0 aromatic heterocycles. The maximum atomic E-state index is 12.8. The molecule has 0 spiro atoms. The first-order valence-electron chi connectivity index (χ1n) is 8.47. The highest BCUT2D eigenvalue weighted by Gasteiger charge is 2.25. The summed E-state index contributed by atoms with van der Waals surface area (Å²) in [5, 5.41) is 3.91. The second-order valence-electron chi connectivity index (χ2n) is 6.12. The molecule has 0 saturated heterocycles. The summed E-state index contributed by atoms with van der Waals surface area (Å²) in [6.45, 7) is 2.06. The Labute approximate surface area is 153 Å². The lowest BCUT2D eigenvalue weighted by Crippen LogP contribution is -2.36. The molecule has 2 atom stereocenters. The van der Waals surface area contributed by atoms with Gasteiger partial charge in [0, 0.05) is 9.92 Å². The second kappa shape index (κ2) is 8.09. The number of amides is 1. The van der Waals surface area contributed by atoms with Crippen LogP contribution in [0, 0.1) is 0 Å². The monoisotopic (exact) mass is 359 g/mol. The predicted molar refractivity (Wildman–Crippen MR) is 102 cm³/mol. The molecule has 2 aromatic rings. The Morgan fingerprint density at radius 3 is 2.75 bits per heavy atom. The minimum Gasteiger partial charge on any atom is -0.348 e. The molecule has 3 rings (SSSR count). The van der Waals surface area contributed by atoms with E-state index in [0.29, 0.717) is 0 Å². The fourth-order valence-corrected chi connectivity index (χ4v) is 4.26. The van der Waals surface area contributed by atoms with Crippen LogP contribution in [0.5, 0.6) is 0 Å². The average Bonchev–Trinajstić information content (AvgIpc) is 2.61. The van der Waals surface area contributed by atoms with E-state index in [0.717, 1.165) is 35.6 Å². The molecule has 2 aromatic carbocycles. The molecule has 0 radical (unpaired) electrons. The molecule has 24 heavy (non-hydrogen) atoms. The molecular formula is C20H22ClNOS. The summed E-state index contributed by atoms with van der Waals surface area (Å²) >= 11 is 7.54. The molecule has 1 N–H and O–H groups in total. The zero-order chi connectivity index (χ0) is 16.9. The third kappa shape index (κ3) is 4.14. The van der Waals surface area contributed by atoms with E-state index < -0.39 is 0 Å². The average molecular weight is 360 g/mol. The topological polar surface area (TPSA) is 29.1 Å². The van der Waals surface area contributed by atoms with Crippen LogP contribution in [0.1, 0.15) is 43.4 Å². The Kier molecular flexibility index (Phi) is 5.85. The number of nitrogens with one attached hydrogen (secondary N) is 1. The fourth-order valence-electron chi connectivity index (χ4n) is 3.17. The first-order chi connectivity index (χ1) is 11.7. The smallest absolute Gasteiger partial charge is 0.233 e. The van der Waals surface area contributed by atoms with E-state index in [1.807, 2.05) is 24.3 Å². The largest absolute Gasteiger partial charge is 0.348 e. The van der Waals surface area contributed by atoms with Crippen molar-refractivity contribution in [3.05, 3.63) is 64.7 Å². The van der Waals surface area contributed by atoms with Crippen molar-refractivity contribution in [2.75, 3.05) is 0 Å². The van der Waals surface area contributed by atoms with E-state index in [9.17, 15) is 4.79 Å². The van der Waals surface area contributed by atoms with Gasteiger partial charge in [-0.15, -0.1) is 11.8 Å². The maximum absolute atomic E-state index is 12.8. The quantitative estimate of drug-likeness (QED) is 0.723. The van der Waals surface area contributed by atoms with E-state index in [-0.39, 0.29) is 17.2 Å². The van der Waals surface area contributed by atoms with Crippen LogP contribution in [0.25, 0.3) is 0 Å². The summed E-state index contributed by atoms with van der Waals surface area (Å²) in [4.78, 5) is 13.8. The summed E-state index contributed by atoms with van der Waals surface area (Å²) in [7, 11) is 0. The maximum Gasteiger partial charge on any atom is 0.233 e. The van der Waals surface area contributed by atoms with Crippen LogP contribution >= 0.6 is 23.4 Å². The van der Waals surface area contributed by atoms with Gasteiger partial charge in [0.1, 0.15) is 0 Å². The molecule has 2 nitrogen and oxygen atoms in total. The Bertz CT molecular complexity index is 701. The van der Waals surface area contributed by atoms with E-state index in [4.69, 9.17) is 11.6 Å². The summed E-state index contributed by atoms with van der Waals surface area (Å²) in [5.41, 5.74) is 2.65. The molecule has 4 heteroatoms. The lowest BCUT2D eigenvalue weighted by atomic mass is 9.87. The lowest BCUT2D eigenvalue weighted by Gasteiger charge is -2.28. The zero-order valence-electron chi connectivity index (χ0n) is 13.8. The van der Waals surface area contributed by atoms with Gasteiger partial charge < -0.3 is 5.32 Å². The molecule has 1 aliphatic rings. The summed E-state index contributed by atoms with van der Waals surface area (Å²) in [5.74, 6) is 0.124. The summed E-state index contributed by atoms with van der Waals surface area (Å²) in [6, 6.07) is 16.3. The van der Waals surface area contributed by atoms with Gasteiger partial charge in [-0.2, -0.15) is 0 Å². The van der Waals surface area contributed by atoms with Crippen molar-refractivity contribution in [2.45, 2.75) is 48.8 Å². The number of carbonyl (C=O) groups is 1. The van der Waals surface area contributed by atoms with Crippen LogP contribution in [0.4, 0.5) is 0 Å². The highest BCUT2D eigenvalue weighted by Crippen LogP contribution is 2.31. The number of carbonyl (C=O) groups excluding carboxylic acids is 1. The van der Waals surface area contributed by atoms with Gasteiger partial charge in [-0.25, -0.2) is 0 Å². The van der Waals surface area contributed by atoms with Gasteiger partial charge in [-0.3, -0.25) is 4.79 Å². The highest BCUT2D eigenvalue weighted by atomic mass is 35.5. The van der Waals surface area contributed by atoms with Crippen LogP contribution < -0.4 is 5.32 Å². The molecule has 0 heterocycles. The molecule has 0 saturated carbocycles. The molecule has 0 fully saturated rings. The SMILES string of the molecule is CC[C@H](Sc1ccc(Cl)cc1)C(=O)N[C@@H]1CCCc2ccccc21. The van der Waals surface area contributed by atoms with Crippen LogP contribution in [0.2, 0.25) is 5.02 Å². The van der Waals surface area contributed by atoms with E-state index in [2.05, 4.69) is 36.5 Å². The van der Waals surface area contributed by atoms with Gasteiger partial charge in [0.25, 0.3) is 0 Å². The van der Waals surface area contributed by atoms with Crippen molar-refractivity contribution < 1.29 is 4.79 Å². The molecular weight excluding hydrogens is 338 g/mol. The summed E-state index contributed by atoms with van der Waals surface area (Å²) in [6.07, 6.45) is 4.06. The molecule has 0 unspecified atom stereocenters. The third-order valence-corrected chi connectivity index (χ3v) is 6.07. The fraction of sp³-hybridized carbons (Fsp3) is 0.350. The molecule has 126 valence electrons. The number of hydrogen-bond acceptors (Lipinski definition) is 2. The number of hydrogen-bond donors (Lipinski definition) is 1. The normalized spacial score (nSPS) is 17.8. The Balaban J connectivity index is 1.68. The van der Waals surface area contributed by atoms with Gasteiger partial charge in [0.2, 0.25) is 5.91 Å². The van der Waals surface area contributed by atoms with Crippen molar-refractivity contribution in [3.63, 3.8) is 0 Å². The predicted octanol–water partition coefficient (Wildman–Crippen LogP) is 5.40. The molecule has 0 bridgehead atoms. The minimum absolute atomic E-state index is 0.0831. The van der Waals surface area contributed by atoms with E-state index in [1.54, 1.807) is 11.8 Å². The Morgan fingerprint density at radius 1 is 1.25 bits per heavy atom. The number of halogens is 1. The van der Waals surface area contributed by atoms with Gasteiger partial charge in [-0.05, 0) is 61.1 Å². The number of fused-ring (bicyclic) bond motifs is 1. The van der Waals surface area contributed by atoms with Crippen LogP contribution in [-0.2, 0) is 11.2 Å².